The Morgan fingerprint density at radius 1 is 1.31 bits per heavy atom. The molecule has 13 heavy (non-hydrogen) atoms. The molecule has 0 heterocycles. The second-order valence-corrected chi connectivity index (χ2v) is 2.23. The Labute approximate surface area is 77.0 Å². The molecule has 3 heteroatoms. The van der Waals surface area contributed by atoms with Crippen LogP contribution in [0.5, 0.6) is 5.75 Å². The average Bonchev–Trinajstić information content (AvgIpc) is 2.03. The van der Waals surface area contributed by atoms with Gasteiger partial charge in [-0.1, -0.05) is 25.6 Å². The molecule has 0 unspecified atom stereocenters. The molecule has 3 nitrogen and oxygen atoms in total. The zero-order chi connectivity index (χ0) is 8.97. The highest BCUT2D eigenvalue weighted by atomic mass is 16.4. The second-order valence-electron chi connectivity index (χ2n) is 2.23. The highest BCUT2D eigenvalue weighted by Crippen LogP contribution is 2.16. The first-order valence-corrected chi connectivity index (χ1v) is 3.39. The van der Waals surface area contributed by atoms with E-state index in [0.29, 0.717) is 5.56 Å². The molecule has 70 valence electrons. The molecule has 0 radical (unpaired) electrons. The first-order valence-electron chi connectivity index (χ1n) is 3.39. The molecule has 0 saturated heterocycles. The Balaban J connectivity index is 0.00000144. The van der Waals surface area contributed by atoms with Crippen molar-refractivity contribution in [2.24, 2.45) is 0 Å². The van der Waals surface area contributed by atoms with Gasteiger partial charge in [-0.25, -0.2) is 4.79 Å². The number of carboxylic acid groups (broad SMARTS) is 1. The number of carbonyl (C=O) groups is 1. The molecule has 1 aromatic carbocycles. The summed E-state index contributed by atoms with van der Waals surface area (Å²) in [6.07, 6.45) is 2.33. The van der Waals surface area contributed by atoms with E-state index >= 15 is 0 Å². The van der Waals surface area contributed by atoms with E-state index in [0.717, 1.165) is 6.08 Å². The summed E-state index contributed by atoms with van der Waals surface area (Å²) in [4.78, 5) is 10.1. The lowest BCUT2D eigenvalue weighted by Crippen LogP contribution is -1.85. The van der Waals surface area contributed by atoms with E-state index in [1.54, 1.807) is 18.2 Å². The lowest BCUT2D eigenvalue weighted by atomic mass is 10.2. The molecule has 0 aliphatic carbocycles. The average molecular weight is 180 g/mol. The Hall–Kier alpha value is -1.77. The number of carboxylic acids is 1. The molecule has 2 N–H and O–H groups in total. The van der Waals surface area contributed by atoms with Gasteiger partial charge in [0.05, 0.1) is 0 Å². The van der Waals surface area contributed by atoms with Crippen LogP contribution in [0.2, 0.25) is 0 Å². The Morgan fingerprint density at radius 3 is 2.46 bits per heavy atom. The second kappa shape index (κ2) is 4.98. The van der Waals surface area contributed by atoms with Crippen molar-refractivity contribution in [3.05, 3.63) is 35.9 Å². The summed E-state index contributed by atoms with van der Waals surface area (Å²) < 4.78 is 0. The number of phenolic OH excluding ortho intramolecular Hbond substituents is 1. The molecule has 1 rings (SSSR count). The predicted molar refractivity (Wildman–Crippen MR) is 51.5 cm³/mol. The number of phenols is 1. The lowest BCUT2D eigenvalue weighted by molar-refractivity contribution is -0.131. The number of rotatable bonds is 2. The van der Waals surface area contributed by atoms with Gasteiger partial charge in [0.2, 0.25) is 0 Å². The van der Waals surface area contributed by atoms with Crippen molar-refractivity contribution in [3.8, 4) is 5.75 Å². The van der Waals surface area contributed by atoms with E-state index in [1.807, 2.05) is 0 Å². The summed E-state index contributed by atoms with van der Waals surface area (Å²) in [7, 11) is 0. The quantitative estimate of drug-likeness (QED) is 0.685. The minimum atomic E-state index is -1.03. The monoisotopic (exact) mass is 180 g/mol. The molecule has 0 aromatic heterocycles. The minimum absolute atomic E-state index is 0. The number of aromatic hydroxyl groups is 1. The molecule has 0 aliphatic rings. The van der Waals surface area contributed by atoms with Gasteiger partial charge in [0.1, 0.15) is 5.75 Å². The third-order valence-electron chi connectivity index (χ3n) is 1.34. The molecular weight excluding hydrogens is 168 g/mol. The van der Waals surface area contributed by atoms with Crippen LogP contribution in [0.15, 0.2) is 30.3 Å². The van der Waals surface area contributed by atoms with E-state index in [9.17, 15) is 9.90 Å². The summed E-state index contributed by atoms with van der Waals surface area (Å²) in [6, 6.07) is 6.53. The molecule has 1 aromatic rings. The van der Waals surface area contributed by atoms with Crippen molar-refractivity contribution in [1.29, 1.82) is 0 Å². The normalized spacial score (nSPS) is 9.54. The van der Waals surface area contributed by atoms with E-state index in [2.05, 4.69) is 0 Å². The molecule has 0 aliphatic heterocycles. The third-order valence-corrected chi connectivity index (χ3v) is 1.34. The van der Waals surface area contributed by atoms with E-state index < -0.39 is 5.97 Å². The summed E-state index contributed by atoms with van der Waals surface area (Å²) in [5.74, 6) is -0.951. The fourth-order valence-electron chi connectivity index (χ4n) is 0.790. The number of hydrogen-bond donors (Lipinski definition) is 2. The topological polar surface area (TPSA) is 57.5 Å². The van der Waals surface area contributed by atoms with Crippen LogP contribution < -0.4 is 0 Å². The smallest absolute Gasteiger partial charge is 0.328 e. The van der Waals surface area contributed by atoms with Crippen molar-refractivity contribution in [2.45, 2.75) is 7.43 Å². The minimum Gasteiger partial charge on any atom is -0.507 e. The highest BCUT2D eigenvalue weighted by Gasteiger charge is 1.94. The standard InChI is InChI=1S/C9H8O3.CH4/c10-8-4-2-1-3-7(8)5-6-9(11)12;/h1-6,10H,(H,11,12);1H4/b6-5+;. The molecule has 0 bridgehead atoms. The van der Waals surface area contributed by atoms with Gasteiger partial charge in [0.25, 0.3) is 0 Å². The molecule has 0 saturated carbocycles. The first-order chi connectivity index (χ1) is 5.70. The van der Waals surface area contributed by atoms with Gasteiger partial charge in [0, 0.05) is 11.6 Å². The highest BCUT2D eigenvalue weighted by molar-refractivity contribution is 5.85. The lowest BCUT2D eigenvalue weighted by Gasteiger charge is -1.95. The zero-order valence-corrected chi connectivity index (χ0v) is 6.27. The van der Waals surface area contributed by atoms with Crippen LogP contribution in [0.3, 0.4) is 0 Å². The van der Waals surface area contributed by atoms with Crippen LogP contribution in [0.25, 0.3) is 6.08 Å². The van der Waals surface area contributed by atoms with Gasteiger partial charge in [-0.2, -0.15) is 0 Å². The van der Waals surface area contributed by atoms with Gasteiger partial charge >= 0.3 is 5.97 Å². The number of aliphatic carboxylic acids is 1. The van der Waals surface area contributed by atoms with Crippen molar-refractivity contribution in [1.82, 2.24) is 0 Å². The molecule has 0 spiro atoms. The number of para-hydroxylation sites is 1. The van der Waals surface area contributed by atoms with Gasteiger partial charge in [-0.3, -0.25) is 0 Å². The predicted octanol–water partition coefficient (Wildman–Crippen LogP) is 2.13. The molecule has 0 fully saturated rings. The summed E-state index contributed by atoms with van der Waals surface area (Å²) in [6.45, 7) is 0. The van der Waals surface area contributed by atoms with E-state index in [1.165, 1.54) is 12.1 Å². The van der Waals surface area contributed by atoms with Crippen LogP contribution in [-0.2, 0) is 4.79 Å². The first kappa shape index (κ1) is 11.2. The van der Waals surface area contributed by atoms with Crippen molar-refractivity contribution in [3.63, 3.8) is 0 Å². The van der Waals surface area contributed by atoms with Crippen LogP contribution >= 0.6 is 0 Å². The summed E-state index contributed by atoms with van der Waals surface area (Å²) >= 11 is 0. The third kappa shape index (κ3) is 3.42. The molecular formula is C10H12O3. The van der Waals surface area contributed by atoms with Gasteiger partial charge in [-0.05, 0) is 12.1 Å². The maximum Gasteiger partial charge on any atom is 0.328 e. The maximum atomic E-state index is 10.1. The fourth-order valence-corrected chi connectivity index (χ4v) is 0.790. The van der Waals surface area contributed by atoms with E-state index in [4.69, 9.17) is 5.11 Å². The zero-order valence-electron chi connectivity index (χ0n) is 6.27. The Bertz CT molecular complexity index is 316. The molecule has 0 amide bonds. The van der Waals surface area contributed by atoms with Crippen LogP contribution in [-0.4, -0.2) is 16.2 Å². The summed E-state index contributed by atoms with van der Waals surface area (Å²) in [5, 5.41) is 17.5. The van der Waals surface area contributed by atoms with Crippen LogP contribution in [0.1, 0.15) is 13.0 Å². The Morgan fingerprint density at radius 2 is 1.92 bits per heavy atom. The Kier molecular flexibility index (Phi) is 4.30. The van der Waals surface area contributed by atoms with Crippen LogP contribution in [0, 0.1) is 0 Å². The van der Waals surface area contributed by atoms with Gasteiger partial charge in [-0.15, -0.1) is 0 Å². The number of hydrogen-bond acceptors (Lipinski definition) is 2. The van der Waals surface area contributed by atoms with Gasteiger partial charge in [0.15, 0.2) is 0 Å². The summed E-state index contributed by atoms with van der Waals surface area (Å²) in [5.41, 5.74) is 0.500. The SMILES string of the molecule is C.O=C(O)/C=C/c1ccccc1O. The fraction of sp³-hybridized carbons (Fsp3) is 0.100. The van der Waals surface area contributed by atoms with Crippen LogP contribution in [0.4, 0.5) is 0 Å². The van der Waals surface area contributed by atoms with Crippen molar-refractivity contribution >= 4 is 12.0 Å². The van der Waals surface area contributed by atoms with E-state index in [-0.39, 0.29) is 13.2 Å². The maximum absolute atomic E-state index is 10.1. The molecule has 0 atom stereocenters. The number of benzene rings is 1. The van der Waals surface area contributed by atoms with Crippen molar-refractivity contribution in [2.75, 3.05) is 0 Å². The van der Waals surface area contributed by atoms with Gasteiger partial charge < -0.3 is 10.2 Å². The van der Waals surface area contributed by atoms with Crippen molar-refractivity contribution < 1.29 is 15.0 Å². The largest absolute Gasteiger partial charge is 0.507 e.